The van der Waals surface area contributed by atoms with Crippen molar-refractivity contribution in [3.8, 4) is 0 Å². The fourth-order valence-electron chi connectivity index (χ4n) is 2.95. The number of hydroxylamine groups is 1. The zero-order valence-corrected chi connectivity index (χ0v) is 17.5. The third-order valence-electron chi connectivity index (χ3n) is 4.38. The molecule has 2 rings (SSSR count). The molecule has 1 aliphatic rings. The maximum Gasteiger partial charge on any atom is 0.263 e. The highest BCUT2D eigenvalue weighted by Gasteiger charge is 2.48. The molecule has 2 atom stereocenters. The first-order valence-corrected chi connectivity index (χ1v) is 10.8. The third kappa shape index (κ3) is 5.01. The average Bonchev–Trinajstić information content (AvgIpc) is 2.76. The van der Waals surface area contributed by atoms with Crippen molar-refractivity contribution in [1.82, 2.24) is 9.79 Å². The molecule has 1 aromatic carbocycles. The molecule has 10 heteroatoms. The largest absolute Gasteiger partial charge is 0.359 e. The van der Waals surface area contributed by atoms with Crippen LogP contribution in [-0.4, -0.2) is 66.9 Å². The number of carbonyl (C=O) groups is 1. The predicted molar refractivity (Wildman–Crippen MR) is 102 cm³/mol. The molecule has 1 heterocycles. The fourth-order valence-corrected chi connectivity index (χ4v) is 5.97. The quantitative estimate of drug-likeness (QED) is 0.408. The normalized spacial score (nSPS) is 23.6. The topological polar surface area (TPSA) is 105 Å². The summed E-state index contributed by atoms with van der Waals surface area (Å²) in [5.41, 5.74) is 2.54. The van der Waals surface area contributed by atoms with Crippen LogP contribution in [-0.2, 0) is 24.3 Å². The number of aryl methyl sites for hydroxylation is 1. The number of carbonyl (C=O) groups excluding carboxylic acids is 1. The van der Waals surface area contributed by atoms with E-state index < -0.39 is 32.8 Å². The number of hydrogen-bond donors (Lipinski definition) is 2. The van der Waals surface area contributed by atoms with Crippen LogP contribution in [0.15, 0.2) is 29.2 Å². The summed E-state index contributed by atoms with van der Waals surface area (Å²) < 4.78 is 37.6. The van der Waals surface area contributed by atoms with E-state index in [1.165, 1.54) is 31.0 Å². The van der Waals surface area contributed by atoms with Crippen molar-refractivity contribution in [1.29, 1.82) is 0 Å². The number of rotatable bonds is 6. The van der Waals surface area contributed by atoms with E-state index in [-0.39, 0.29) is 18.2 Å². The summed E-state index contributed by atoms with van der Waals surface area (Å²) >= 11 is 1.41. The SMILES string of the molecule is COCO[C@H]1CSC(C)(C)[C@H](C(=O)NO)N(S(=O)(=O)c2ccc(C)cc2)C1. The van der Waals surface area contributed by atoms with Crippen molar-refractivity contribution in [2.75, 3.05) is 26.2 Å². The van der Waals surface area contributed by atoms with Gasteiger partial charge in [-0.05, 0) is 32.9 Å². The number of amides is 1. The van der Waals surface area contributed by atoms with Crippen molar-refractivity contribution < 1.29 is 27.9 Å². The highest BCUT2D eigenvalue weighted by atomic mass is 32.2. The summed E-state index contributed by atoms with van der Waals surface area (Å²) in [5, 5.41) is 9.23. The Morgan fingerprint density at radius 1 is 1.37 bits per heavy atom. The third-order valence-corrected chi connectivity index (χ3v) is 7.73. The van der Waals surface area contributed by atoms with Crippen LogP contribution < -0.4 is 5.48 Å². The first-order chi connectivity index (χ1) is 12.6. The number of methoxy groups -OCH3 is 1. The van der Waals surface area contributed by atoms with Crippen LogP contribution in [0.4, 0.5) is 0 Å². The lowest BCUT2D eigenvalue weighted by Crippen LogP contribution is -2.57. The Kier molecular flexibility index (Phi) is 7.28. The molecule has 2 N–H and O–H groups in total. The molecule has 0 bridgehead atoms. The second kappa shape index (κ2) is 8.89. The second-order valence-electron chi connectivity index (χ2n) is 6.88. The molecule has 1 amide bonds. The maximum absolute atomic E-state index is 13.4. The molecular formula is C17H26N2O6S2. The predicted octanol–water partition coefficient (Wildman–Crippen LogP) is 1.37. The Balaban J connectivity index is 2.51. The van der Waals surface area contributed by atoms with Gasteiger partial charge in [-0.15, -0.1) is 0 Å². The van der Waals surface area contributed by atoms with Crippen molar-refractivity contribution >= 4 is 27.7 Å². The Hall–Kier alpha value is -1.17. The number of hydrogen-bond acceptors (Lipinski definition) is 7. The van der Waals surface area contributed by atoms with Gasteiger partial charge in [0.15, 0.2) is 0 Å². The minimum absolute atomic E-state index is 0.0148. The number of nitrogens with one attached hydrogen (secondary N) is 1. The van der Waals surface area contributed by atoms with Crippen LogP contribution in [0.5, 0.6) is 0 Å². The summed E-state index contributed by atoms with van der Waals surface area (Å²) in [5.74, 6) is -0.304. The summed E-state index contributed by atoms with van der Waals surface area (Å²) in [7, 11) is -2.53. The maximum atomic E-state index is 13.4. The Labute approximate surface area is 164 Å². The van der Waals surface area contributed by atoms with Crippen molar-refractivity contribution in [2.24, 2.45) is 0 Å². The van der Waals surface area contributed by atoms with Gasteiger partial charge >= 0.3 is 0 Å². The van der Waals surface area contributed by atoms with Gasteiger partial charge in [0.25, 0.3) is 5.91 Å². The lowest BCUT2D eigenvalue weighted by molar-refractivity contribution is -0.134. The van der Waals surface area contributed by atoms with Crippen LogP contribution in [0.2, 0.25) is 0 Å². The van der Waals surface area contributed by atoms with E-state index in [0.717, 1.165) is 9.87 Å². The summed E-state index contributed by atoms with van der Waals surface area (Å²) in [4.78, 5) is 12.5. The standard InChI is InChI=1S/C17H26N2O6S2/c1-12-5-7-14(8-6-12)27(22,23)19-9-13(25-11-24-4)10-26-17(2,3)15(19)16(20)18-21/h5-8,13,15,21H,9-11H2,1-4H3,(H,18,20)/t13-,15+/m1/s1. The summed E-state index contributed by atoms with van der Waals surface area (Å²) in [6.45, 7) is 5.38. The first kappa shape index (κ1) is 22.1. The molecule has 0 spiro atoms. The van der Waals surface area contributed by atoms with Gasteiger partial charge in [0, 0.05) is 24.2 Å². The molecule has 1 saturated heterocycles. The lowest BCUT2D eigenvalue weighted by Gasteiger charge is -2.36. The lowest BCUT2D eigenvalue weighted by atomic mass is 10.0. The highest BCUT2D eigenvalue weighted by Crippen LogP contribution is 2.38. The van der Waals surface area contributed by atoms with Gasteiger partial charge in [0.05, 0.1) is 11.0 Å². The van der Waals surface area contributed by atoms with E-state index in [1.54, 1.807) is 31.5 Å². The van der Waals surface area contributed by atoms with Crippen LogP contribution in [0.1, 0.15) is 19.4 Å². The van der Waals surface area contributed by atoms with Gasteiger partial charge < -0.3 is 9.47 Å². The number of sulfonamides is 1. The van der Waals surface area contributed by atoms with E-state index in [9.17, 15) is 18.4 Å². The average molecular weight is 419 g/mol. The number of nitrogens with zero attached hydrogens (tertiary/aromatic N) is 1. The minimum Gasteiger partial charge on any atom is -0.359 e. The molecular weight excluding hydrogens is 392 g/mol. The summed E-state index contributed by atoms with van der Waals surface area (Å²) in [6.07, 6.45) is -0.467. The van der Waals surface area contributed by atoms with E-state index in [0.29, 0.717) is 5.75 Å². The van der Waals surface area contributed by atoms with Crippen molar-refractivity contribution in [3.05, 3.63) is 29.8 Å². The Bertz CT molecular complexity index is 751. The smallest absolute Gasteiger partial charge is 0.263 e. The molecule has 1 aliphatic heterocycles. The van der Waals surface area contributed by atoms with Crippen LogP contribution >= 0.6 is 11.8 Å². The van der Waals surface area contributed by atoms with Gasteiger partial charge in [0.2, 0.25) is 10.0 Å². The van der Waals surface area contributed by atoms with Gasteiger partial charge in [-0.1, -0.05) is 17.7 Å². The Morgan fingerprint density at radius 2 is 2.00 bits per heavy atom. The molecule has 1 aromatic rings. The van der Waals surface area contributed by atoms with Crippen LogP contribution in [0, 0.1) is 6.92 Å². The van der Waals surface area contributed by atoms with Crippen LogP contribution in [0.25, 0.3) is 0 Å². The van der Waals surface area contributed by atoms with Gasteiger partial charge in [-0.2, -0.15) is 16.1 Å². The first-order valence-electron chi connectivity index (χ1n) is 8.40. The molecule has 1 fully saturated rings. The highest BCUT2D eigenvalue weighted by molar-refractivity contribution is 8.00. The zero-order chi connectivity index (χ0) is 20.2. The molecule has 0 aliphatic carbocycles. The fraction of sp³-hybridized carbons (Fsp3) is 0.588. The van der Waals surface area contributed by atoms with Crippen molar-refractivity contribution in [2.45, 2.75) is 42.6 Å². The summed E-state index contributed by atoms with van der Waals surface area (Å²) in [6, 6.07) is 5.30. The molecule has 152 valence electrons. The number of ether oxygens (including phenoxy) is 2. The molecule has 0 saturated carbocycles. The van der Waals surface area contributed by atoms with Gasteiger partial charge in [0.1, 0.15) is 12.8 Å². The van der Waals surface area contributed by atoms with E-state index in [4.69, 9.17) is 9.47 Å². The molecule has 0 aromatic heterocycles. The monoisotopic (exact) mass is 418 g/mol. The van der Waals surface area contributed by atoms with E-state index >= 15 is 0 Å². The van der Waals surface area contributed by atoms with Gasteiger partial charge in [-0.25, -0.2) is 13.9 Å². The van der Waals surface area contributed by atoms with Crippen molar-refractivity contribution in [3.63, 3.8) is 0 Å². The van der Waals surface area contributed by atoms with Crippen LogP contribution in [0.3, 0.4) is 0 Å². The number of thioether (sulfide) groups is 1. The number of benzene rings is 1. The second-order valence-corrected chi connectivity index (χ2v) is 10.4. The minimum atomic E-state index is -4.01. The molecule has 0 unspecified atom stereocenters. The van der Waals surface area contributed by atoms with Gasteiger partial charge in [-0.3, -0.25) is 10.0 Å². The zero-order valence-electron chi connectivity index (χ0n) is 15.8. The van der Waals surface area contributed by atoms with E-state index in [2.05, 4.69) is 0 Å². The molecule has 0 radical (unpaired) electrons. The molecule has 27 heavy (non-hydrogen) atoms. The Morgan fingerprint density at radius 3 is 2.56 bits per heavy atom. The van der Waals surface area contributed by atoms with E-state index in [1.807, 2.05) is 6.92 Å². The molecule has 8 nitrogen and oxygen atoms in total.